The van der Waals surface area contributed by atoms with Gasteiger partial charge >= 0.3 is 0 Å². The summed E-state index contributed by atoms with van der Waals surface area (Å²) in [6, 6.07) is 0. The van der Waals surface area contributed by atoms with Crippen molar-refractivity contribution in [2.45, 2.75) is 4.21 Å². The topological polar surface area (TPSA) is 70.6 Å². The molecule has 1 aliphatic heterocycles. The van der Waals surface area contributed by atoms with Crippen molar-refractivity contribution in [1.29, 1.82) is 0 Å². The lowest BCUT2D eigenvalue weighted by molar-refractivity contribution is 0.594. The first kappa shape index (κ1) is 9.94. The number of thiophene rings is 1. The molecule has 5 nitrogen and oxygen atoms in total. The lowest BCUT2D eigenvalue weighted by atomic mass is 10.5. The molecule has 14 heavy (non-hydrogen) atoms. The van der Waals surface area contributed by atoms with Gasteiger partial charge in [0.2, 0.25) is 5.96 Å². The Balaban J connectivity index is 2.66. The maximum atomic E-state index is 11.6. The molecule has 1 aliphatic rings. The summed E-state index contributed by atoms with van der Waals surface area (Å²) in [4.78, 5) is 3.76. The highest BCUT2D eigenvalue weighted by Gasteiger charge is 2.29. The van der Waals surface area contributed by atoms with E-state index in [2.05, 4.69) is 31.0 Å². The van der Waals surface area contributed by atoms with E-state index in [0.29, 0.717) is 5.69 Å². The Hall–Kier alpha value is -0.600. The highest BCUT2D eigenvalue weighted by molar-refractivity contribution is 9.10. The molecule has 0 bridgehead atoms. The predicted molar refractivity (Wildman–Crippen MR) is 59.3 cm³/mol. The van der Waals surface area contributed by atoms with E-state index in [1.54, 1.807) is 5.38 Å². The molecule has 0 saturated carbocycles. The van der Waals surface area contributed by atoms with Gasteiger partial charge in [0, 0.05) is 12.4 Å². The molecular formula is C6H6BrN3O2S2. The minimum atomic E-state index is -3.44. The molecular weight excluding hydrogens is 290 g/mol. The van der Waals surface area contributed by atoms with Gasteiger partial charge in [0.1, 0.15) is 0 Å². The van der Waals surface area contributed by atoms with Crippen molar-refractivity contribution in [3.05, 3.63) is 9.85 Å². The fourth-order valence-electron chi connectivity index (χ4n) is 1.05. The molecule has 2 heterocycles. The normalized spacial score (nSPS) is 21.1. The van der Waals surface area contributed by atoms with Gasteiger partial charge in [-0.1, -0.05) is 0 Å². The van der Waals surface area contributed by atoms with Crippen LogP contribution in [0.5, 0.6) is 0 Å². The number of nitrogens with one attached hydrogen (secondary N) is 2. The minimum Gasteiger partial charge on any atom is -0.323 e. The second-order valence-electron chi connectivity index (χ2n) is 2.55. The molecule has 8 heteroatoms. The molecule has 2 N–H and O–H groups in total. The fraction of sp³-hybridized carbons (Fsp3) is 0.167. The molecule has 0 unspecified atom stereocenters. The lowest BCUT2D eigenvalue weighted by Crippen LogP contribution is -2.39. The van der Waals surface area contributed by atoms with Crippen molar-refractivity contribution in [2.75, 3.05) is 12.4 Å². The van der Waals surface area contributed by atoms with Crippen LogP contribution in [-0.4, -0.2) is 21.4 Å². The minimum absolute atomic E-state index is 0.233. The van der Waals surface area contributed by atoms with Gasteiger partial charge in [-0.05, 0) is 15.9 Å². The average Bonchev–Trinajstić information content (AvgIpc) is 2.48. The van der Waals surface area contributed by atoms with Gasteiger partial charge in [-0.3, -0.25) is 4.99 Å². The Labute approximate surface area is 93.4 Å². The summed E-state index contributed by atoms with van der Waals surface area (Å²) in [6.45, 7) is 0. The third-order valence-corrected chi connectivity index (χ3v) is 5.46. The Kier molecular flexibility index (Phi) is 2.28. The summed E-state index contributed by atoms with van der Waals surface area (Å²) in [5.74, 6) is 0.233. The van der Waals surface area contributed by atoms with Crippen molar-refractivity contribution in [1.82, 2.24) is 4.72 Å². The SMILES string of the molecule is CN=C1Nc2c(Br)csc2S(=O)(=O)N1. The summed E-state index contributed by atoms with van der Waals surface area (Å²) >= 11 is 4.42. The summed E-state index contributed by atoms with van der Waals surface area (Å²) in [5, 5.41) is 4.59. The van der Waals surface area contributed by atoms with Crippen LogP contribution in [-0.2, 0) is 10.0 Å². The second kappa shape index (κ2) is 3.21. The van der Waals surface area contributed by atoms with Crippen LogP contribution >= 0.6 is 27.3 Å². The number of sulfonamides is 1. The number of aliphatic imine (C=N–C) groups is 1. The molecule has 2 rings (SSSR count). The van der Waals surface area contributed by atoms with Gasteiger partial charge < -0.3 is 5.32 Å². The van der Waals surface area contributed by atoms with Crippen molar-refractivity contribution in [3.63, 3.8) is 0 Å². The van der Waals surface area contributed by atoms with Gasteiger partial charge in [0.25, 0.3) is 10.0 Å². The molecule has 0 fully saturated rings. The summed E-state index contributed by atoms with van der Waals surface area (Å²) in [7, 11) is -1.93. The first-order valence-corrected chi connectivity index (χ1v) is 6.74. The van der Waals surface area contributed by atoms with E-state index >= 15 is 0 Å². The number of guanidine groups is 1. The number of halogens is 1. The molecule has 0 aliphatic carbocycles. The van der Waals surface area contributed by atoms with Crippen molar-refractivity contribution in [2.24, 2.45) is 4.99 Å². The maximum Gasteiger partial charge on any atom is 0.275 e. The molecule has 1 aromatic heterocycles. The number of rotatable bonds is 0. The predicted octanol–water partition coefficient (Wildman–Crippen LogP) is 1.20. The van der Waals surface area contributed by atoms with E-state index in [1.807, 2.05) is 0 Å². The van der Waals surface area contributed by atoms with E-state index in [-0.39, 0.29) is 10.2 Å². The second-order valence-corrected chi connectivity index (χ2v) is 6.16. The molecule has 76 valence electrons. The molecule has 1 aromatic rings. The zero-order valence-corrected chi connectivity index (χ0v) is 10.3. The summed E-state index contributed by atoms with van der Waals surface area (Å²) < 4.78 is 26.5. The zero-order chi connectivity index (χ0) is 10.3. The standard InChI is InChI=1S/C6H6BrN3O2S2/c1-8-6-9-4-3(7)2-13-5(4)14(11,12)10-6/h2H,1H3,(H2,8,9,10). The van der Waals surface area contributed by atoms with Crippen LogP contribution in [0.25, 0.3) is 0 Å². The molecule has 0 atom stereocenters. The van der Waals surface area contributed by atoms with E-state index in [4.69, 9.17) is 0 Å². The van der Waals surface area contributed by atoms with Crippen LogP contribution < -0.4 is 10.0 Å². The maximum absolute atomic E-state index is 11.6. The van der Waals surface area contributed by atoms with E-state index in [9.17, 15) is 8.42 Å². The molecule has 0 spiro atoms. The Morgan fingerprint density at radius 1 is 1.57 bits per heavy atom. The quantitative estimate of drug-likeness (QED) is 0.756. The number of hydrogen-bond acceptors (Lipinski definition) is 4. The van der Waals surface area contributed by atoms with Crippen LogP contribution in [0.2, 0.25) is 0 Å². The zero-order valence-electron chi connectivity index (χ0n) is 7.04. The monoisotopic (exact) mass is 295 g/mol. The van der Waals surface area contributed by atoms with Crippen LogP contribution in [0, 0.1) is 0 Å². The first-order valence-electron chi connectivity index (χ1n) is 3.58. The van der Waals surface area contributed by atoms with Gasteiger partial charge in [0.05, 0.1) is 10.2 Å². The fourth-order valence-corrected chi connectivity index (χ4v) is 4.19. The first-order chi connectivity index (χ1) is 6.54. The number of anilines is 1. The van der Waals surface area contributed by atoms with Crippen molar-refractivity contribution >= 4 is 48.9 Å². The smallest absolute Gasteiger partial charge is 0.275 e. The Morgan fingerprint density at radius 2 is 2.29 bits per heavy atom. The molecule has 0 saturated heterocycles. The number of hydrogen-bond donors (Lipinski definition) is 2. The Bertz CT molecular complexity index is 505. The lowest BCUT2D eigenvalue weighted by Gasteiger charge is -2.18. The van der Waals surface area contributed by atoms with Crippen LogP contribution in [0.4, 0.5) is 5.69 Å². The average molecular weight is 296 g/mol. The molecule has 0 aromatic carbocycles. The molecule has 0 amide bonds. The van der Waals surface area contributed by atoms with Gasteiger partial charge in [-0.2, -0.15) is 0 Å². The van der Waals surface area contributed by atoms with Crippen LogP contribution in [0.3, 0.4) is 0 Å². The van der Waals surface area contributed by atoms with Crippen molar-refractivity contribution in [3.8, 4) is 0 Å². The third kappa shape index (κ3) is 1.43. The highest BCUT2D eigenvalue weighted by Crippen LogP contribution is 2.37. The van der Waals surface area contributed by atoms with Gasteiger partial charge in [-0.25, -0.2) is 13.1 Å². The third-order valence-electron chi connectivity index (χ3n) is 1.65. The number of fused-ring (bicyclic) bond motifs is 1. The Morgan fingerprint density at radius 3 is 2.93 bits per heavy atom. The van der Waals surface area contributed by atoms with Gasteiger partial charge in [-0.15, -0.1) is 11.3 Å². The van der Waals surface area contributed by atoms with Crippen LogP contribution in [0.1, 0.15) is 0 Å². The largest absolute Gasteiger partial charge is 0.323 e. The number of nitrogens with zero attached hydrogens (tertiary/aromatic N) is 1. The summed E-state index contributed by atoms with van der Waals surface area (Å²) in [6.07, 6.45) is 0. The van der Waals surface area contributed by atoms with Crippen molar-refractivity contribution < 1.29 is 8.42 Å². The van der Waals surface area contributed by atoms with Crippen LogP contribution in [0.15, 0.2) is 19.1 Å². The summed E-state index contributed by atoms with van der Waals surface area (Å²) in [5.41, 5.74) is 0.550. The van der Waals surface area contributed by atoms with E-state index in [0.717, 1.165) is 15.8 Å². The molecule has 0 radical (unpaired) electrons. The van der Waals surface area contributed by atoms with E-state index in [1.165, 1.54) is 7.05 Å². The van der Waals surface area contributed by atoms with Gasteiger partial charge in [0.15, 0.2) is 4.21 Å². The van der Waals surface area contributed by atoms with E-state index < -0.39 is 10.0 Å². The highest BCUT2D eigenvalue weighted by atomic mass is 79.9.